The lowest BCUT2D eigenvalue weighted by molar-refractivity contribution is -0.133. The van der Waals surface area contributed by atoms with Crippen molar-refractivity contribution in [3.8, 4) is 0 Å². The smallest absolute Gasteiger partial charge is 0.254 e. The van der Waals surface area contributed by atoms with Crippen molar-refractivity contribution < 1.29 is 14.3 Å². The van der Waals surface area contributed by atoms with E-state index < -0.39 is 0 Å². The third kappa shape index (κ3) is 8.24. The van der Waals surface area contributed by atoms with Gasteiger partial charge in [-0.1, -0.05) is 66.8 Å². The quantitative estimate of drug-likeness (QED) is 0.261. The van der Waals surface area contributed by atoms with Crippen LogP contribution in [0.5, 0.6) is 0 Å². The summed E-state index contributed by atoms with van der Waals surface area (Å²) in [4.78, 5) is 30.1. The third-order valence-corrected chi connectivity index (χ3v) is 6.97. The Morgan fingerprint density at radius 1 is 0.946 bits per heavy atom. The molecule has 37 heavy (non-hydrogen) atoms. The fourth-order valence-corrected chi connectivity index (χ4v) is 4.47. The van der Waals surface area contributed by atoms with E-state index in [2.05, 4.69) is 18.4 Å². The van der Waals surface area contributed by atoms with Crippen LogP contribution < -0.4 is 0 Å². The predicted molar refractivity (Wildman–Crippen MR) is 149 cm³/mol. The molecule has 1 aromatic heterocycles. The molecule has 2 amide bonds. The fourth-order valence-electron chi connectivity index (χ4n) is 3.98. The zero-order chi connectivity index (χ0) is 26.9. The van der Waals surface area contributed by atoms with Gasteiger partial charge in [0.2, 0.25) is 5.91 Å². The number of nitrogens with zero attached hydrogens (tertiary/aromatic N) is 3. The number of rotatable bonds is 12. The highest BCUT2D eigenvalue weighted by molar-refractivity contribution is 6.42. The zero-order valence-electron chi connectivity index (χ0n) is 21.3. The van der Waals surface area contributed by atoms with E-state index in [0.29, 0.717) is 41.8 Å². The molecule has 0 N–H and O–H groups in total. The first-order valence-electron chi connectivity index (χ1n) is 12.1. The van der Waals surface area contributed by atoms with Gasteiger partial charge < -0.3 is 19.1 Å². The number of benzene rings is 2. The number of hydrogen-bond donors (Lipinski definition) is 0. The van der Waals surface area contributed by atoms with Crippen molar-refractivity contribution >= 4 is 46.6 Å². The van der Waals surface area contributed by atoms with Crippen molar-refractivity contribution in [2.24, 2.45) is 5.92 Å². The number of aromatic nitrogens is 1. The maximum absolute atomic E-state index is 13.6. The van der Waals surface area contributed by atoms with Crippen LogP contribution in [0.4, 0.5) is 0 Å². The Kier molecular flexibility index (Phi) is 10.9. The van der Waals surface area contributed by atoms with Crippen molar-refractivity contribution in [3.63, 3.8) is 0 Å². The van der Waals surface area contributed by atoms with E-state index >= 15 is 0 Å². The highest BCUT2D eigenvalue weighted by atomic mass is 35.5. The maximum Gasteiger partial charge on any atom is 0.254 e. The van der Waals surface area contributed by atoms with Crippen molar-refractivity contribution in [2.75, 3.05) is 33.4 Å². The first-order chi connectivity index (χ1) is 17.7. The van der Waals surface area contributed by atoms with E-state index in [0.717, 1.165) is 11.3 Å². The van der Waals surface area contributed by atoms with Gasteiger partial charge in [-0.05, 0) is 47.9 Å². The lowest BCUT2D eigenvalue weighted by Gasteiger charge is -2.29. The van der Waals surface area contributed by atoms with E-state index in [1.165, 1.54) is 11.0 Å². The summed E-state index contributed by atoms with van der Waals surface area (Å²) in [5.41, 5.74) is 2.34. The largest absolute Gasteiger partial charge is 0.383 e. The van der Waals surface area contributed by atoms with Gasteiger partial charge in [0, 0.05) is 49.2 Å². The molecule has 0 aliphatic carbocycles. The summed E-state index contributed by atoms with van der Waals surface area (Å²) in [6, 6.07) is 16.4. The molecule has 0 bridgehead atoms. The van der Waals surface area contributed by atoms with E-state index in [9.17, 15) is 9.59 Å². The Labute approximate surface area is 233 Å². The molecule has 9 heteroatoms. The fraction of sp³-hybridized carbons (Fsp3) is 0.357. The molecule has 0 atom stereocenters. The molecule has 6 nitrogen and oxygen atoms in total. The topological polar surface area (TPSA) is 54.8 Å². The molecule has 1 heterocycles. The summed E-state index contributed by atoms with van der Waals surface area (Å²) in [7, 11) is 1.56. The summed E-state index contributed by atoms with van der Waals surface area (Å²) in [5.74, 6) is -0.214. The molecule has 0 spiro atoms. The van der Waals surface area contributed by atoms with Gasteiger partial charge >= 0.3 is 0 Å². The average Bonchev–Trinajstić information content (AvgIpc) is 3.30. The molecule has 0 aliphatic rings. The average molecular weight is 565 g/mol. The van der Waals surface area contributed by atoms with Crippen molar-refractivity contribution in [2.45, 2.75) is 26.9 Å². The Morgan fingerprint density at radius 2 is 1.70 bits per heavy atom. The Balaban J connectivity index is 1.79. The van der Waals surface area contributed by atoms with Crippen LogP contribution >= 0.6 is 34.8 Å². The number of halogens is 3. The summed E-state index contributed by atoms with van der Waals surface area (Å²) in [5, 5.41) is 1.35. The molecule has 3 aromatic rings. The van der Waals surface area contributed by atoms with Crippen LogP contribution in [0.3, 0.4) is 0 Å². The van der Waals surface area contributed by atoms with Gasteiger partial charge in [-0.25, -0.2) is 0 Å². The van der Waals surface area contributed by atoms with Crippen LogP contribution in [-0.4, -0.2) is 59.5 Å². The number of carbonyl (C=O) groups excluding carboxylic acids is 2. The molecule has 0 unspecified atom stereocenters. The van der Waals surface area contributed by atoms with Crippen LogP contribution in [0.15, 0.2) is 60.8 Å². The highest BCUT2D eigenvalue weighted by Crippen LogP contribution is 2.23. The standard InChI is InChI=1S/C28H32Cl3N3O3/c1-20(2)16-34(18-23-8-6-12-32(23)17-22-7-4-5-9-24(22)29)27(35)19-33(13-14-37-3)28(36)21-10-11-25(30)26(31)15-21/h4-12,15,20H,13-14,16-19H2,1-3H3. The van der Waals surface area contributed by atoms with Crippen molar-refractivity contribution in [1.82, 2.24) is 14.4 Å². The molecule has 198 valence electrons. The normalized spacial score (nSPS) is 11.1. The summed E-state index contributed by atoms with van der Waals surface area (Å²) in [6.07, 6.45) is 1.98. The van der Waals surface area contributed by atoms with E-state index in [4.69, 9.17) is 39.5 Å². The Hall–Kier alpha value is -2.51. The second-order valence-electron chi connectivity index (χ2n) is 9.24. The summed E-state index contributed by atoms with van der Waals surface area (Å²) in [6.45, 7) is 6.16. The van der Waals surface area contributed by atoms with Crippen molar-refractivity contribution in [1.29, 1.82) is 0 Å². The minimum absolute atomic E-state index is 0.0830. The van der Waals surface area contributed by atoms with Gasteiger partial charge in [0.15, 0.2) is 0 Å². The molecule has 0 aliphatic heterocycles. The minimum atomic E-state index is -0.310. The first kappa shape index (κ1) is 29.1. The molecule has 0 radical (unpaired) electrons. The lowest BCUT2D eigenvalue weighted by atomic mass is 10.1. The van der Waals surface area contributed by atoms with Crippen molar-refractivity contribution in [3.05, 3.63) is 92.7 Å². The second-order valence-corrected chi connectivity index (χ2v) is 10.5. The molecule has 3 rings (SSSR count). The summed E-state index contributed by atoms with van der Waals surface area (Å²) >= 11 is 18.5. The van der Waals surface area contributed by atoms with Gasteiger partial charge in [-0.2, -0.15) is 0 Å². The molecule has 2 aromatic carbocycles. The number of methoxy groups -OCH3 is 1. The van der Waals surface area contributed by atoms with Gasteiger partial charge in [0.1, 0.15) is 6.54 Å². The first-order valence-corrected chi connectivity index (χ1v) is 13.2. The Morgan fingerprint density at radius 3 is 2.38 bits per heavy atom. The summed E-state index contributed by atoms with van der Waals surface area (Å²) < 4.78 is 7.28. The monoisotopic (exact) mass is 563 g/mol. The molecular weight excluding hydrogens is 533 g/mol. The lowest BCUT2D eigenvalue weighted by Crippen LogP contribution is -2.45. The molecule has 0 saturated heterocycles. The van der Waals surface area contributed by atoms with E-state index in [-0.39, 0.29) is 35.8 Å². The maximum atomic E-state index is 13.6. The molecular formula is C28H32Cl3N3O3. The number of ether oxygens (including phenoxy) is 1. The second kappa shape index (κ2) is 13.9. The van der Waals surface area contributed by atoms with E-state index in [1.54, 1.807) is 24.1 Å². The minimum Gasteiger partial charge on any atom is -0.383 e. The van der Waals surface area contributed by atoms with Crippen LogP contribution in [-0.2, 0) is 22.6 Å². The zero-order valence-corrected chi connectivity index (χ0v) is 23.6. The van der Waals surface area contributed by atoms with Crippen LogP contribution in [0.2, 0.25) is 15.1 Å². The van der Waals surface area contributed by atoms with Gasteiger partial charge in [0.05, 0.1) is 23.2 Å². The van der Waals surface area contributed by atoms with Crippen LogP contribution in [0.1, 0.15) is 35.5 Å². The Bertz CT molecular complexity index is 1210. The highest BCUT2D eigenvalue weighted by Gasteiger charge is 2.24. The van der Waals surface area contributed by atoms with Gasteiger partial charge in [0.25, 0.3) is 5.91 Å². The number of hydrogen-bond acceptors (Lipinski definition) is 3. The number of amides is 2. The SMILES string of the molecule is COCCN(CC(=O)N(Cc1cccn1Cc1ccccc1Cl)CC(C)C)C(=O)c1ccc(Cl)c(Cl)c1. The van der Waals surface area contributed by atoms with Crippen LogP contribution in [0.25, 0.3) is 0 Å². The predicted octanol–water partition coefficient (Wildman–Crippen LogP) is 6.27. The van der Waals surface area contributed by atoms with E-state index in [1.807, 2.05) is 42.6 Å². The number of carbonyl (C=O) groups is 2. The van der Waals surface area contributed by atoms with Gasteiger partial charge in [-0.3, -0.25) is 9.59 Å². The molecule has 0 saturated carbocycles. The van der Waals surface area contributed by atoms with Crippen LogP contribution in [0, 0.1) is 5.92 Å². The third-order valence-electron chi connectivity index (χ3n) is 5.86. The molecule has 0 fully saturated rings. The van der Waals surface area contributed by atoms with Gasteiger partial charge in [-0.15, -0.1) is 0 Å².